The molecule has 2 fully saturated rings. The maximum absolute atomic E-state index is 2.47. The Balaban J connectivity index is 1.99. The zero-order valence-electron chi connectivity index (χ0n) is 7.68. The third-order valence-electron chi connectivity index (χ3n) is 3.93. The lowest BCUT2D eigenvalue weighted by Gasteiger charge is -2.39. The SMILES string of the molecule is CC1CCCC2CCCCC12. The molecule has 11 heavy (non-hydrogen) atoms. The van der Waals surface area contributed by atoms with Crippen LogP contribution in [0.25, 0.3) is 0 Å². The van der Waals surface area contributed by atoms with Crippen LogP contribution in [0.4, 0.5) is 0 Å². The van der Waals surface area contributed by atoms with E-state index < -0.39 is 0 Å². The Morgan fingerprint density at radius 3 is 2.36 bits per heavy atom. The molecule has 0 bridgehead atoms. The summed E-state index contributed by atoms with van der Waals surface area (Å²) in [4.78, 5) is 0. The standard InChI is InChI=1S/C11H20/c1-9-5-4-7-10-6-2-3-8-11(9)10/h9-11H,2-8H2,1H3. The van der Waals surface area contributed by atoms with Crippen molar-refractivity contribution in [2.75, 3.05) is 0 Å². The summed E-state index contributed by atoms with van der Waals surface area (Å²) in [5.41, 5.74) is 0. The molecule has 0 N–H and O–H groups in total. The van der Waals surface area contributed by atoms with Crippen molar-refractivity contribution in [1.29, 1.82) is 0 Å². The van der Waals surface area contributed by atoms with Crippen LogP contribution >= 0.6 is 0 Å². The van der Waals surface area contributed by atoms with Crippen LogP contribution in [0, 0.1) is 17.8 Å². The van der Waals surface area contributed by atoms with E-state index in [1.54, 1.807) is 19.3 Å². The molecule has 2 saturated carbocycles. The lowest BCUT2D eigenvalue weighted by atomic mass is 9.66. The summed E-state index contributed by atoms with van der Waals surface area (Å²) in [6.45, 7) is 2.47. The van der Waals surface area contributed by atoms with E-state index in [0.29, 0.717) is 0 Å². The molecular formula is C11H20. The Bertz CT molecular complexity index is 126. The molecule has 0 aromatic heterocycles. The van der Waals surface area contributed by atoms with Crippen LogP contribution in [0.5, 0.6) is 0 Å². The molecule has 0 radical (unpaired) electrons. The second kappa shape index (κ2) is 3.16. The minimum Gasteiger partial charge on any atom is -0.0622 e. The highest BCUT2D eigenvalue weighted by molar-refractivity contribution is 4.82. The van der Waals surface area contributed by atoms with Gasteiger partial charge >= 0.3 is 0 Å². The maximum atomic E-state index is 2.47. The Labute approximate surface area is 70.4 Å². The zero-order chi connectivity index (χ0) is 7.68. The molecule has 0 aromatic carbocycles. The minimum atomic E-state index is 1.05. The van der Waals surface area contributed by atoms with Gasteiger partial charge in [-0.1, -0.05) is 45.4 Å². The van der Waals surface area contributed by atoms with Gasteiger partial charge in [-0.15, -0.1) is 0 Å². The van der Waals surface area contributed by atoms with Crippen LogP contribution in [0.1, 0.15) is 51.9 Å². The lowest BCUT2D eigenvalue weighted by molar-refractivity contribution is 0.114. The van der Waals surface area contributed by atoms with Crippen LogP contribution in [0.15, 0.2) is 0 Å². The number of fused-ring (bicyclic) bond motifs is 1. The zero-order valence-corrected chi connectivity index (χ0v) is 7.68. The summed E-state index contributed by atoms with van der Waals surface area (Å²) < 4.78 is 0. The van der Waals surface area contributed by atoms with Gasteiger partial charge in [0.15, 0.2) is 0 Å². The predicted octanol–water partition coefficient (Wildman–Crippen LogP) is 3.61. The van der Waals surface area contributed by atoms with Crippen LogP contribution in [0.3, 0.4) is 0 Å². The highest BCUT2D eigenvalue weighted by Crippen LogP contribution is 2.43. The summed E-state index contributed by atoms with van der Waals surface area (Å²) in [6, 6.07) is 0. The number of hydrogen-bond donors (Lipinski definition) is 0. The first-order valence-electron chi connectivity index (χ1n) is 5.38. The van der Waals surface area contributed by atoms with Gasteiger partial charge in [-0.3, -0.25) is 0 Å². The topological polar surface area (TPSA) is 0 Å². The van der Waals surface area contributed by atoms with Gasteiger partial charge in [0.05, 0.1) is 0 Å². The second-order valence-corrected chi connectivity index (χ2v) is 4.62. The minimum absolute atomic E-state index is 1.05. The first kappa shape index (κ1) is 7.64. The van der Waals surface area contributed by atoms with Crippen molar-refractivity contribution < 1.29 is 0 Å². The van der Waals surface area contributed by atoms with E-state index in [1.165, 1.54) is 25.7 Å². The van der Waals surface area contributed by atoms with Crippen LogP contribution < -0.4 is 0 Å². The molecule has 0 nitrogen and oxygen atoms in total. The van der Waals surface area contributed by atoms with Gasteiger partial charge < -0.3 is 0 Å². The van der Waals surface area contributed by atoms with Gasteiger partial charge in [0.2, 0.25) is 0 Å². The highest BCUT2D eigenvalue weighted by Gasteiger charge is 2.31. The summed E-state index contributed by atoms with van der Waals surface area (Å²) in [5, 5.41) is 0. The number of hydrogen-bond acceptors (Lipinski definition) is 0. The second-order valence-electron chi connectivity index (χ2n) is 4.62. The van der Waals surface area contributed by atoms with Gasteiger partial charge in [-0.2, -0.15) is 0 Å². The summed E-state index contributed by atoms with van der Waals surface area (Å²) >= 11 is 0. The Morgan fingerprint density at radius 1 is 0.818 bits per heavy atom. The summed E-state index contributed by atoms with van der Waals surface area (Å²) in [6.07, 6.45) is 10.7. The highest BCUT2D eigenvalue weighted by atomic mass is 14.4. The van der Waals surface area contributed by atoms with Gasteiger partial charge in [0, 0.05) is 0 Å². The summed E-state index contributed by atoms with van der Waals surface area (Å²) in [7, 11) is 0. The van der Waals surface area contributed by atoms with Crippen LogP contribution in [-0.4, -0.2) is 0 Å². The molecule has 2 aliphatic rings. The van der Waals surface area contributed by atoms with Gasteiger partial charge in [0.1, 0.15) is 0 Å². The van der Waals surface area contributed by atoms with E-state index in [4.69, 9.17) is 0 Å². The summed E-state index contributed by atoms with van der Waals surface area (Å²) in [5.74, 6) is 3.30. The fourth-order valence-electron chi connectivity index (χ4n) is 3.26. The molecule has 0 amide bonds. The molecule has 0 saturated heterocycles. The Hall–Kier alpha value is 0. The smallest absolute Gasteiger partial charge is 0.0360 e. The van der Waals surface area contributed by atoms with Crippen molar-refractivity contribution in [2.45, 2.75) is 51.9 Å². The molecule has 2 aliphatic carbocycles. The van der Waals surface area contributed by atoms with Gasteiger partial charge in [0.25, 0.3) is 0 Å². The molecular weight excluding hydrogens is 132 g/mol. The van der Waals surface area contributed by atoms with E-state index in [-0.39, 0.29) is 0 Å². The average molecular weight is 152 g/mol. The predicted molar refractivity (Wildman–Crippen MR) is 48.5 cm³/mol. The third kappa shape index (κ3) is 1.45. The lowest BCUT2D eigenvalue weighted by Crippen LogP contribution is -2.29. The van der Waals surface area contributed by atoms with E-state index >= 15 is 0 Å². The third-order valence-corrected chi connectivity index (χ3v) is 3.93. The van der Waals surface area contributed by atoms with E-state index in [0.717, 1.165) is 17.8 Å². The van der Waals surface area contributed by atoms with E-state index in [1.807, 2.05) is 0 Å². The van der Waals surface area contributed by atoms with Crippen molar-refractivity contribution in [2.24, 2.45) is 17.8 Å². The fraction of sp³-hybridized carbons (Fsp3) is 1.00. The molecule has 64 valence electrons. The van der Waals surface area contributed by atoms with Crippen molar-refractivity contribution in [3.8, 4) is 0 Å². The molecule has 2 rings (SSSR count). The number of rotatable bonds is 0. The molecule has 0 aromatic rings. The van der Waals surface area contributed by atoms with Gasteiger partial charge in [-0.05, 0) is 24.2 Å². The Kier molecular flexibility index (Phi) is 2.20. The normalized spacial score (nSPS) is 45.0. The van der Waals surface area contributed by atoms with Crippen molar-refractivity contribution in [3.63, 3.8) is 0 Å². The molecule has 0 heterocycles. The first-order chi connectivity index (χ1) is 5.38. The maximum Gasteiger partial charge on any atom is -0.0360 e. The van der Waals surface area contributed by atoms with Crippen molar-refractivity contribution in [1.82, 2.24) is 0 Å². The van der Waals surface area contributed by atoms with Crippen molar-refractivity contribution in [3.05, 3.63) is 0 Å². The van der Waals surface area contributed by atoms with E-state index in [9.17, 15) is 0 Å². The molecule has 3 atom stereocenters. The molecule has 3 unspecified atom stereocenters. The van der Waals surface area contributed by atoms with E-state index in [2.05, 4.69) is 6.92 Å². The monoisotopic (exact) mass is 152 g/mol. The fourth-order valence-corrected chi connectivity index (χ4v) is 3.26. The first-order valence-corrected chi connectivity index (χ1v) is 5.38. The van der Waals surface area contributed by atoms with Crippen LogP contribution in [-0.2, 0) is 0 Å². The quantitative estimate of drug-likeness (QED) is 0.497. The molecule has 0 spiro atoms. The van der Waals surface area contributed by atoms with Crippen molar-refractivity contribution >= 4 is 0 Å². The van der Waals surface area contributed by atoms with Gasteiger partial charge in [-0.25, -0.2) is 0 Å². The Morgan fingerprint density at radius 2 is 1.55 bits per heavy atom. The largest absolute Gasteiger partial charge is 0.0622 e. The van der Waals surface area contributed by atoms with Crippen LogP contribution in [0.2, 0.25) is 0 Å². The molecule has 0 aliphatic heterocycles. The molecule has 0 heteroatoms. The average Bonchev–Trinajstić information content (AvgIpc) is 2.06.